The summed E-state index contributed by atoms with van der Waals surface area (Å²) in [6.07, 6.45) is 0. The van der Waals surface area contributed by atoms with Crippen molar-refractivity contribution in [2.75, 3.05) is 12.0 Å². The van der Waals surface area contributed by atoms with Crippen molar-refractivity contribution in [1.29, 1.82) is 0 Å². The number of aliphatic hydroxyl groups excluding tert-OH is 1. The number of aryl methyl sites for hydroxylation is 3. The van der Waals surface area contributed by atoms with E-state index in [0.29, 0.717) is 17.0 Å². The summed E-state index contributed by atoms with van der Waals surface area (Å²) < 4.78 is 5.27. The third-order valence-corrected chi connectivity index (χ3v) is 6.79. The van der Waals surface area contributed by atoms with Crippen LogP contribution < -0.4 is 9.64 Å². The lowest BCUT2D eigenvalue weighted by Crippen LogP contribution is -2.29. The minimum absolute atomic E-state index is 0.0712. The highest BCUT2D eigenvalue weighted by atomic mass is 16.5. The molecule has 0 bridgehead atoms. The van der Waals surface area contributed by atoms with Gasteiger partial charge in [-0.25, -0.2) is 0 Å². The zero-order valence-corrected chi connectivity index (χ0v) is 20.0. The van der Waals surface area contributed by atoms with E-state index in [1.807, 2.05) is 57.2 Å². The van der Waals surface area contributed by atoms with Gasteiger partial charge in [-0.3, -0.25) is 14.5 Å². The van der Waals surface area contributed by atoms with Crippen molar-refractivity contribution in [3.8, 4) is 5.75 Å². The highest BCUT2D eigenvalue weighted by Gasteiger charge is 2.48. The summed E-state index contributed by atoms with van der Waals surface area (Å²) in [7, 11) is 1.57. The topological polar surface area (TPSA) is 82.6 Å². The molecule has 0 radical (unpaired) electrons. The molecule has 1 amide bonds. The van der Waals surface area contributed by atoms with E-state index in [4.69, 9.17) is 4.74 Å². The number of nitrogens with zero attached hydrogens (tertiary/aromatic N) is 1. The fraction of sp³-hybridized carbons (Fsp3) is 0.172. The number of ketones is 1. The zero-order chi connectivity index (χ0) is 24.9. The van der Waals surface area contributed by atoms with Crippen molar-refractivity contribution in [2.24, 2.45) is 0 Å². The van der Waals surface area contributed by atoms with Crippen LogP contribution in [0.25, 0.3) is 16.7 Å². The highest BCUT2D eigenvalue weighted by Crippen LogP contribution is 2.45. The molecule has 1 aliphatic heterocycles. The fourth-order valence-electron chi connectivity index (χ4n) is 4.81. The number of Topliss-reactive ketones (excluding diaryl/α,β-unsaturated/α-hetero) is 1. The van der Waals surface area contributed by atoms with E-state index in [1.54, 1.807) is 37.4 Å². The van der Waals surface area contributed by atoms with Gasteiger partial charge in [0, 0.05) is 33.4 Å². The van der Waals surface area contributed by atoms with Crippen LogP contribution in [0.3, 0.4) is 0 Å². The zero-order valence-electron chi connectivity index (χ0n) is 20.0. The lowest BCUT2D eigenvalue weighted by molar-refractivity contribution is -0.132. The van der Waals surface area contributed by atoms with Crippen LogP contribution in [-0.2, 0) is 9.59 Å². The molecule has 2 heterocycles. The second kappa shape index (κ2) is 8.47. The number of fused-ring (bicyclic) bond motifs is 1. The van der Waals surface area contributed by atoms with Crippen molar-refractivity contribution < 1.29 is 19.4 Å². The maximum atomic E-state index is 13.5. The molecule has 1 fully saturated rings. The summed E-state index contributed by atoms with van der Waals surface area (Å²) >= 11 is 0. The molecule has 1 unspecified atom stereocenters. The Bertz CT molecular complexity index is 1510. The van der Waals surface area contributed by atoms with E-state index >= 15 is 0 Å². The van der Waals surface area contributed by atoms with Gasteiger partial charge < -0.3 is 14.8 Å². The third kappa shape index (κ3) is 3.58. The standard InChI is InChI=1S/C29H26N2O4/c1-16-9-10-19(15-17(16)2)27(32)25-26(24-18(3)30-23-8-6-5-7-22(23)24)31(29(34)28(25)33)20-11-13-21(35-4)14-12-20/h5-15,26,30,32H,1-4H3/b27-25+. The van der Waals surface area contributed by atoms with E-state index in [9.17, 15) is 14.7 Å². The Morgan fingerprint density at radius 2 is 1.66 bits per heavy atom. The highest BCUT2D eigenvalue weighted by molar-refractivity contribution is 6.52. The van der Waals surface area contributed by atoms with Gasteiger partial charge in [0.25, 0.3) is 11.7 Å². The molecular formula is C29H26N2O4. The Balaban J connectivity index is 1.80. The number of rotatable bonds is 4. The molecule has 2 N–H and O–H groups in total. The first-order valence-electron chi connectivity index (χ1n) is 11.4. The van der Waals surface area contributed by atoms with Gasteiger partial charge in [0.05, 0.1) is 18.7 Å². The summed E-state index contributed by atoms with van der Waals surface area (Å²) in [5, 5.41) is 12.3. The number of carbonyl (C=O) groups excluding carboxylic acids is 2. The molecule has 176 valence electrons. The number of H-pyrrole nitrogens is 1. The van der Waals surface area contributed by atoms with Gasteiger partial charge in [-0.1, -0.05) is 30.3 Å². The number of anilines is 1. The Labute approximate surface area is 203 Å². The minimum atomic E-state index is -0.804. The maximum absolute atomic E-state index is 13.5. The maximum Gasteiger partial charge on any atom is 0.300 e. The van der Waals surface area contributed by atoms with Crippen LogP contribution in [0.4, 0.5) is 5.69 Å². The molecule has 0 aliphatic carbocycles. The average molecular weight is 467 g/mol. The summed E-state index contributed by atoms with van der Waals surface area (Å²) in [5.74, 6) is -0.945. The number of amides is 1. The third-order valence-electron chi connectivity index (χ3n) is 6.79. The number of hydrogen-bond acceptors (Lipinski definition) is 4. The number of methoxy groups -OCH3 is 1. The largest absolute Gasteiger partial charge is 0.507 e. The first-order valence-corrected chi connectivity index (χ1v) is 11.4. The molecule has 6 heteroatoms. The predicted molar refractivity (Wildman–Crippen MR) is 137 cm³/mol. The van der Waals surface area contributed by atoms with Crippen LogP contribution in [0.2, 0.25) is 0 Å². The van der Waals surface area contributed by atoms with Gasteiger partial charge in [-0.05, 0) is 68.3 Å². The van der Waals surface area contributed by atoms with Gasteiger partial charge >= 0.3 is 0 Å². The SMILES string of the molecule is COc1ccc(N2C(=O)C(=O)/C(=C(/O)c3ccc(C)c(C)c3)C2c2c(C)[nH]c3ccccc23)cc1. The van der Waals surface area contributed by atoms with E-state index in [-0.39, 0.29) is 11.3 Å². The number of carbonyl (C=O) groups is 2. The van der Waals surface area contributed by atoms with Crippen LogP contribution >= 0.6 is 0 Å². The van der Waals surface area contributed by atoms with E-state index in [1.165, 1.54) is 4.90 Å². The number of aliphatic hydroxyl groups is 1. The number of aromatic amines is 1. The van der Waals surface area contributed by atoms with Crippen LogP contribution in [0, 0.1) is 20.8 Å². The van der Waals surface area contributed by atoms with Crippen LogP contribution in [0.5, 0.6) is 5.75 Å². The molecule has 1 aromatic heterocycles. The summed E-state index contributed by atoms with van der Waals surface area (Å²) in [4.78, 5) is 31.8. The van der Waals surface area contributed by atoms with Crippen LogP contribution in [0.1, 0.15) is 34.0 Å². The van der Waals surface area contributed by atoms with Gasteiger partial charge in [0.1, 0.15) is 11.5 Å². The Morgan fingerprint density at radius 3 is 2.34 bits per heavy atom. The minimum Gasteiger partial charge on any atom is -0.507 e. The molecule has 0 saturated carbocycles. The van der Waals surface area contributed by atoms with Gasteiger partial charge in [0.2, 0.25) is 0 Å². The van der Waals surface area contributed by atoms with Gasteiger partial charge in [0.15, 0.2) is 0 Å². The Kier molecular flexibility index (Phi) is 5.44. The lowest BCUT2D eigenvalue weighted by Gasteiger charge is -2.26. The quantitative estimate of drug-likeness (QED) is 0.229. The number of benzene rings is 3. The van der Waals surface area contributed by atoms with Crippen molar-refractivity contribution in [1.82, 2.24) is 4.98 Å². The second-order valence-corrected chi connectivity index (χ2v) is 8.88. The van der Waals surface area contributed by atoms with E-state index < -0.39 is 17.7 Å². The van der Waals surface area contributed by atoms with Crippen molar-refractivity contribution >= 4 is 34.0 Å². The molecule has 1 saturated heterocycles. The first-order chi connectivity index (χ1) is 16.8. The monoisotopic (exact) mass is 466 g/mol. The molecule has 6 nitrogen and oxygen atoms in total. The van der Waals surface area contributed by atoms with Crippen molar-refractivity contribution in [3.63, 3.8) is 0 Å². The summed E-state index contributed by atoms with van der Waals surface area (Å²) in [5.41, 5.74) is 5.67. The molecule has 1 atom stereocenters. The second-order valence-electron chi connectivity index (χ2n) is 8.88. The Hall–Kier alpha value is -4.32. The molecular weight excluding hydrogens is 440 g/mol. The lowest BCUT2D eigenvalue weighted by atomic mass is 9.92. The van der Waals surface area contributed by atoms with Crippen molar-refractivity contribution in [2.45, 2.75) is 26.8 Å². The number of nitrogens with one attached hydrogen (secondary N) is 1. The normalized spacial score (nSPS) is 17.4. The number of para-hydroxylation sites is 1. The molecule has 35 heavy (non-hydrogen) atoms. The van der Waals surface area contributed by atoms with Gasteiger partial charge in [-0.2, -0.15) is 0 Å². The smallest absolute Gasteiger partial charge is 0.300 e. The predicted octanol–water partition coefficient (Wildman–Crippen LogP) is 5.73. The molecule has 3 aromatic carbocycles. The van der Waals surface area contributed by atoms with E-state index in [0.717, 1.165) is 33.3 Å². The number of hydrogen-bond donors (Lipinski definition) is 2. The average Bonchev–Trinajstić information content (AvgIpc) is 3.32. The summed E-state index contributed by atoms with van der Waals surface area (Å²) in [6.45, 7) is 5.85. The summed E-state index contributed by atoms with van der Waals surface area (Å²) in [6, 6.07) is 19.5. The van der Waals surface area contributed by atoms with Crippen LogP contribution in [-0.4, -0.2) is 28.9 Å². The van der Waals surface area contributed by atoms with Gasteiger partial charge in [-0.15, -0.1) is 0 Å². The number of aromatic nitrogens is 1. The van der Waals surface area contributed by atoms with Crippen LogP contribution in [0.15, 0.2) is 72.3 Å². The van der Waals surface area contributed by atoms with Crippen molar-refractivity contribution in [3.05, 3.63) is 100 Å². The Morgan fingerprint density at radius 1 is 0.943 bits per heavy atom. The molecule has 0 spiro atoms. The fourth-order valence-corrected chi connectivity index (χ4v) is 4.81. The number of ether oxygens (including phenoxy) is 1. The molecule has 1 aliphatic rings. The first kappa shape index (κ1) is 22.5. The van der Waals surface area contributed by atoms with E-state index in [2.05, 4.69) is 4.98 Å². The molecule has 4 aromatic rings. The molecule has 5 rings (SSSR count).